The van der Waals surface area contributed by atoms with E-state index in [1.54, 1.807) is 13.8 Å². The maximum absolute atomic E-state index is 12.0. The molecule has 10 nitrogen and oxygen atoms in total. The molecule has 184 valence electrons. The molecule has 10 heteroatoms. The Morgan fingerprint density at radius 2 is 2.06 bits per heavy atom. The summed E-state index contributed by atoms with van der Waals surface area (Å²) in [6.07, 6.45) is 3.13. The molecule has 2 aromatic carbocycles. The quantitative estimate of drug-likeness (QED) is 0.359. The van der Waals surface area contributed by atoms with Crippen LogP contribution in [-0.2, 0) is 11.2 Å². The van der Waals surface area contributed by atoms with E-state index in [2.05, 4.69) is 36.6 Å². The van der Waals surface area contributed by atoms with Gasteiger partial charge in [0.2, 0.25) is 0 Å². The molecular weight excluding hydrogens is 458 g/mol. The second-order valence-electron chi connectivity index (χ2n) is 9.05. The molecule has 0 radical (unpaired) electrons. The van der Waals surface area contributed by atoms with Gasteiger partial charge in [-0.1, -0.05) is 17.3 Å². The molecule has 0 aliphatic heterocycles. The van der Waals surface area contributed by atoms with Crippen LogP contribution < -0.4 is 10.1 Å². The van der Waals surface area contributed by atoms with E-state index in [1.807, 2.05) is 42.5 Å². The number of aromatic amines is 1. The summed E-state index contributed by atoms with van der Waals surface area (Å²) in [5.41, 5.74) is 4.04. The van der Waals surface area contributed by atoms with E-state index in [9.17, 15) is 10.1 Å². The minimum absolute atomic E-state index is 0.200. The van der Waals surface area contributed by atoms with Gasteiger partial charge in [0.15, 0.2) is 5.82 Å². The molecule has 0 unspecified atom stereocenters. The maximum Gasteiger partial charge on any atom is 0.411 e. The Balaban J connectivity index is 1.47. The fraction of sp³-hybridized carbons (Fsp3) is 0.346. The highest BCUT2D eigenvalue weighted by Gasteiger charge is 2.28. The van der Waals surface area contributed by atoms with Crippen LogP contribution in [0.4, 0.5) is 10.5 Å². The Bertz CT molecular complexity index is 1400. The summed E-state index contributed by atoms with van der Waals surface area (Å²) >= 11 is 0. The number of benzene rings is 2. The third-order valence-corrected chi connectivity index (χ3v) is 6.26. The number of nitrogens with zero attached hydrogens (tertiary/aromatic N) is 5. The van der Waals surface area contributed by atoms with Crippen LogP contribution in [0.1, 0.15) is 50.5 Å². The number of carbonyl (C=O) groups is 1. The van der Waals surface area contributed by atoms with Gasteiger partial charge in [0.25, 0.3) is 0 Å². The van der Waals surface area contributed by atoms with E-state index in [0.29, 0.717) is 36.1 Å². The first-order valence-corrected chi connectivity index (χ1v) is 12.0. The first-order valence-electron chi connectivity index (χ1n) is 12.0. The lowest BCUT2D eigenvalue weighted by molar-refractivity contribution is 0.130. The van der Waals surface area contributed by atoms with Crippen LogP contribution in [0.5, 0.6) is 5.75 Å². The first kappa shape index (κ1) is 23.4. The van der Waals surface area contributed by atoms with Crippen molar-refractivity contribution in [3.63, 3.8) is 0 Å². The van der Waals surface area contributed by atoms with Gasteiger partial charge in [-0.3, -0.25) is 5.32 Å². The van der Waals surface area contributed by atoms with Gasteiger partial charge in [0.05, 0.1) is 29.5 Å². The average Bonchev–Trinajstić information content (AvgIpc) is 3.44. The summed E-state index contributed by atoms with van der Waals surface area (Å²) in [5, 5.41) is 27.7. The second-order valence-corrected chi connectivity index (χ2v) is 9.05. The molecule has 0 saturated heterocycles. The molecule has 1 amide bonds. The molecule has 5 rings (SSSR count). The summed E-state index contributed by atoms with van der Waals surface area (Å²) < 4.78 is 13.4. The molecule has 2 heterocycles. The Kier molecular flexibility index (Phi) is 6.54. The molecule has 2 N–H and O–H groups in total. The second kappa shape index (κ2) is 10.1. The van der Waals surface area contributed by atoms with E-state index in [0.717, 1.165) is 47.2 Å². The number of ether oxygens (including phenoxy) is 2. The smallest absolute Gasteiger partial charge is 0.411 e. The van der Waals surface area contributed by atoms with E-state index in [4.69, 9.17) is 9.47 Å². The van der Waals surface area contributed by atoms with E-state index < -0.39 is 6.09 Å². The fourth-order valence-electron chi connectivity index (χ4n) is 4.42. The number of tetrazole rings is 1. The van der Waals surface area contributed by atoms with Crippen molar-refractivity contribution in [3.8, 4) is 23.1 Å². The Labute approximate surface area is 208 Å². The summed E-state index contributed by atoms with van der Waals surface area (Å²) in [6, 6.07) is 16.1. The Morgan fingerprint density at radius 1 is 1.25 bits per heavy atom. The number of anilines is 1. The minimum Gasteiger partial charge on any atom is -0.493 e. The number of H-pyrrole nitrogens is 1. The van der Waals surface area contributed by atoms with Crippen LogP contribution >= 0.6 is 0 Å². The third kappa shape index (κ3) is 4.73. The van der Waals surface area contributed by atoms with Crippen molar-refractivity contribution in [3.05, 3.63) is 53.9 Å². The van der Waals surface area contributed by atoms with Gasteiger partial charge in [-0.15, -0.1) is 10.2 Å². The number of hydrogen-bond donors (Lipinski definition) is 2. The van der Waals surface area contributed by atoms with E-state index >= 15 is 0 Å². The highest BCUT2D eigenvalue weighted by Crippen LogP contribution is 2.43. The molecule has 36 heavy (non-hydrogen) atoms. The highest BCUT2D eigenvalue weighted by atomic mass is 16.6. The molecule has 2 aromatic heterocycles. The number of carbonyl (C=O) groups excluding carboxylic acids is 1. The molecule has 1 aliphatic carbocycles. The van der Waals surface area contributed by atoms with Gasteiger partial charge in [-0.05, 0) is 62.9 Å². The van der Waals surface area contributed by atoms with Gasteiger partial charge in [0, 0.05) is 29.6 Å². The van der Waals surface area contributed by atoms with Crippen molar-refractivity contribution < 1.29 is 14.3 Å². The first-order chi connectivity index (χ1) is 17.5. The SMILES string of the molecule is CC(C)OC(=O)Nc1ccc(-c2c(C#N)c3ccc(OCCc4nn[nH]n4)cc3n2C2CCC2)cc1. The number of fused-ring (bicyclic) bond motifs is 1. The summed E-state index contributed by atoms with van der Waals surface area (Å²) in [7, 11) is 0. The lowest BCUT2D eigenvalue weighted by Gasteiger charge is -2.30. The van der Waals surface area contributed by atoms with Gasteiger partial charge < -0.3 is 14.0 Å². The number of nitriles is 1. The van der Waals surface area contributed by atoms with Crippen LogP contribution in [0, 0.1) is 11.3 Å². The minimum atomic E-state index is -0.495. The van der Waals surface area contributed by atoms with Gasteiger partial charge in [-0.25, -0.2) is 4.79 Å². The number of rotatable bonds is 8. The van der Waals surface area contributed by atoms with Crippen molar-refractivity contribution in [2.75, 3.05) is 11.9 Å². The summed E-state index contributed by atoms with van der Waals surface area (Å²) in [5.74, 6) is 1.32. The predicted molar refractivity (Wildman–Crippen MR) is 134 cm³/mol. The zero-order valence-corrected chi connectivity index (χ0v) is 20.2. The van der Waals surface area contributed by atoms with Crippen molar-refractivity contribution >= 4 is 22.7 Å². The van der Waals surface area contributed by atoms with Crippen molar-refractivity contribution in [1.82, 2.24) is 25.2 Å². The number of hydrogen-bond acceptors (Lipinski definition) is 7. The Hall–Kier alpha value is -4.39. The normalized spacial score (nSPS) is 13.4. The van der Waals surface area contributed by atoms with Crippen LogP contribution in [0.2, 0.25) is 0 Å². The van der Waals surface area contributed by atoms with Gasteiger partial charge in [-0.2, -0.15) is 10.5 Å². The topological polar surface area (TPSA) is 131 Å². The zero-order valence-electron chi connectivity index (χ0n) is 20.2. The van der Waals surface area contributed by atoms with Gasteiger partial charge in [0.1, 0.15) is 11.8 Å². The van der Waals surface area contributed by atoms with Crippen LogP contribution in [0.25, 0.3) is 22.2 Å². The molecule has 0 bridgehead atoms. The lowest BCUT2D eigenvalue weighted by Crippen LogP contribution is -2.18. The average molecular weight is 486 g/mol. The lowest BCUT2D eigenvalue weighted by atomic mass is 9.92. The van der Waals surface area contributed by atoms with Gasteiger partial charge >= 0.3 is 6.09 Å². The van der Waals surface area contributed by atoms with Crippen LogP contribution in [0.3, 0.4) is 0 Å². The highest BCUT2D eigenvalue weighted by molar-refractivity contribution is 5.96. The number of amides is 1. The molecule has 0 spiro atoms. The standard InChI is InChI=1S/C26H27N7O3/c1-16(2)36-26(34)28-18-8-6-17(7-9-18)25-22(15-27)21-11-10-20(35-13-12-24-29-31-32-30-24)14-23(21)33(25)19-4-3-5-19/h6-11,14,16,19H,3-5,12-13H2,1-2H3,(H,28,34)(H,29,30,31,32). The van der Waals surface area contributed by atoms with E-state index in [-0.39, 0.29) is 6.10 Å². The Morgan fingerprint density at radius 3 is 2.69 bits per heavy atom. The molecule has 1 fully saturated rings. The summed E-state index contributed by atoms with van der Waals surface area (Å²) in [6.45, 7) is 4.02. The van der Waals surface area contributed by atoms with Crippen molar-refractivity contribution in [2.45, 2.75) is 51.7 Å². The largest absolute Gasteiger partial charge is 0.493 e. The molecule has 4 aromatic rings. The van der Waals surface area contributed by atoms with Crippen LogP contribution in [-0.4, -0.2) is 44.0 Å². The van der Waals surface area contributed by atoms with Crippen molar-refractivity contribution in [1.29, 1.82) is 5.26 Å². The molecular formula is C26H27N7O3. The maximum atomic E-state index is 12.0. The number of aromatic nitrogens is 5. The number of nitrogens with one attached hydrogen (secondary N) is 2. The summed E-state index contributed by atoms with van der Waals surface area (Å²) in [4.78, 5) is 12.0. The predicted octanol–water partition coefficient (Wildman–Crippen LogP) is 5.00. The third-order valence-electron chi connectivity index (χ3n) is 6.26. The van der Waals surface area contributed by atoms with E-state index in [1.165, 1.54) is 0 Å². The monoisotopic (exact) mass is 485 g/mol. The van der Waals surface area contributed by atoms with Crippen LogP contribution in [0.15, 0.2) is 42.5 Å². The zero-order chi connectivity index (χ0) is 25.1. The molecule has 0 atom stereocenters. The fourth-order valence-corrected chi connectivity index (χ4v) is 4.42. The van der Waals surface area contributed by atoms with Crippen molar-refractivity contribution in [2.24, 2.45) is 0 Å². The molecule has 1 saturated carbocycles. The molecule has 1 aliphatic rings.